The third kappa shape index (κ3) is 5.22. The maximum atomic E-state index is 14.1. The third-order valence-electron chi connectivity index (χ3n) is 7.37. The van der Waals surface area contributed by atoms with Gasteiger partial charge in [-0.2, -0.15) is 5.26 Å². The molecule has 0 aliphatic carbocycles. The molecule has 0 radical (unpaired) electrons. The number of para-hydroxylation sites is 1. The molecular formula is C34H27ClN4O3S. The van der Waals surface area contributed by atoms with Crippen molar-refractivity contribution in [1.29, 1.82) is 5.26 Å². The Labute approximate surface area is 256 Å². The van der Waals surface area contributed by atoms with Gasteiger partial charge in [-0.1, -0.05) is 77.5 Å². The van der Waals surface area contributed by atoms with Crippen LogP contribution >= 0.6 is 22.9 Å². The molecule has 9 heteroatoms. The minimum atomic E-state index is -0.790. The first-order valence-electron chi connectivity index (χ1n) is 13.8. The largest absolute Gasteiger partial charge is 0.459 e. The highest BCUT2D eigenvalue weighted by molar-refractivity contribution is 7.07. The van der Waals surface area contributed by atoms with Crippen molar-refractivity contribution in [2.24, 2.45) is 4.99 Å². The minimum Gasteiger partial charge on any atom is -0.459 e. The number of carbonyl (C=O) groups excluding carboxylic acids is 1. The highest BCUT2D eigenvalue weighted by Crippen LogP contribution is 2.34. The van der Waals surface area contributed by atoms with Crippen LogP contribution < -0.4 is 14.9 Å². The molecule has 1 unspecified atom stereocenters. The van der Waals surface area contributed by atoms with E-state index in [9.17, 15) is 14.9 Å². The number of hydrogen-bond acceptors (Lipinski definition) is 6. The molecule has 214 valence electrons. The standard InChI is InChI=1S/C34H27ClN4O3S/c1-20(2)42-33(41)30-21(3)37-34-39(31(30)26-13-6-8-14-27(26)35)32(40)29(43-34)16-24-19-38(28-15-9-7-12-25(24)28)18-23-11-5-4-10-22(23)17-36/h4-16,19-20,31H,18H2,1-3H3. The van der Waals surface area contributed by atoms with E-state index in [1.165, 1.54) is 11.3 Å². The molecule has 2 aromatic heterocycles. The highest BCUT2D eigenvalue weighted by Gasteiger charge is 2.34. The minimum absolute atomic E-state index is 0.275. The molecule has 6 rings (SSSR count). The van der Waals surface area contributed by atoms with E-state index in [1.54, 1.807) is 31.4 Å². The zero-order chi connectivity index (χ0) is 30.2. The molecule has 0 saturated heterocycles. The lowest BCUT2D eigenvalue weighted by atomic mass is 9.96. The lowest BCUT2D eigenvalue weighted by Crippen LogP contribution is -2.40. The normalized spacial score (nSPS) is 15.0. The molecule has 0 bridgehead atoms. The summed E-state index contributed by atoms with van der Waals surface area (Å²) in [7, 11) is 0. The van der Waals surface area contributed by atoms with Crippen LogP contribution in [0.1, 0.15) is 49.1 Å². The summed E-state index contributed by atoms with van der Waals surface area (Å²) in [5.41, 5.74) is 4.49. The highest BCUT2D eigenvalue weighted by atomic mass is 35.5. The number of rotatable bonds is 6. The second-order valence-corrected chi connectivity index (χ2v) is 12.0. The average molecular weight is 607 g/mol. The molecule has 0 fully saturated rings. The summed E-state index contributed by atoms with van der Waals surface area (Å²) in [5, 5.41) is 11.0. The van der Waals surface area contributed by atoms with Gasteiger partial charge in [-0.25, -0.2) is 9.79 Å². The molecule has 3 heterocycles. The maximum absolute atomic E-state index is 14.1. The van der Waals surface area contributed by atoms with Crippen molar-refractivity contribution >= 4 is 45.9 Å². The monoisotopic (exact) mass is 606 g/mol. The molecule has 0 amide bonds. The van der Waals surface area contributed by atoms with Crippen molar-refractivity contribution in [1.82, 2.24) is 9.13 Å². The predicted molar refractivity (Wildman–Crippen MR) is 169 cm³/mol. The number of nitriles is 1. The van der Waals surface area contributed by atoms with Gasteiger partial charge in [0.1, 0.15) is 6.04 Å². The molecule has 0 N–H and O–H groups in total. The molecule has 0 saturated carbocycles. The van der Waals surface area contributed by atoms with E-state index in [0.29, 0.717) is 37.7 Å². The Bertz CT molecular complexity index is 2160. The van der Waals surface area contributed by atoms with E-state index in [0.717, 1.165) is 22.0 Å². The Morgan fingerprint density at radius 3 is 2.60 bits per heavy atom. The number of halogens is 1. The van der Waals surface area contributed by atoms with E-state index >= 15 is 0 Å². The van der Waals surface area contributed by atoms with Gasteiger partial charge >= 0.3 is 5.97 Å². The van der Waals surface area contributed by atoms with Crippen molar-refractivity contribution < 1.29 is 9.53 Å². The average Bonchev–Trinajstić information content (AvgIpc) is 3.48. The number of thiazole rings is 1. The first-order valence-corrected chi connectivity index (χ1v) is 15.0. The predicted octanol–water partition coefficient (Wildman–Crippen LogP) is 5.71. The van der Waals surface area contributed by atoms with E-state index in [2.05, 4.69) is 15.6 Å². The zero-order valence-corrected chi connectivity index (χ0v) is 25.3. The molecule has 0 spiro atoms. The summed E-state index contributed by atoms with van der Waals surface area (Å²) in [6.45, 7) is 5.82. The number of hydrogen-bond donors (Lipinski definition) is 0. The van der Waals surface area contributed by atoms with Crippen LogP contribution in [-0.4, -0.2) is 21.2 Å². The van der Waals surface area contributed by atoms with Crippen LogP contribution in [0.2, 0.25) is 5.02 Å². The first-order chi connectivity index (χ1) is 20.8. The van der Waals surface area contributed by atoms with Gasteiger partial charge in [0.25, 0.3) is 5.56 Å². The van der Waals surface area contributed by atoms with Gasteiger partial charge in [-0.05, 0) is 56.2 Å². The SMILES string of the molecule is CC1=C(C(=O)OC(C)C)C(c2ccccc2Cl)n2c(sc(=Cc3cn(Cc4ccccc4C#N)c4ccccc34)c2=O)=N1. The Balaban J connectivity index is 1.53. The smallest absolute Gasteiger partial charge is 0.338 e. The number of nitrogens with zero attached hydrogens (tertiary/aromatic N) is 4. The summed E-state index contributed by atoms with van der Waals surface area (Å²) < 4.78 is 9.69. The van der Waals surface area contributed by atoms with Crippen LogP contribution in [0.4, 0.5) is 0 Å². The summed E-state index contributed by atoms with van der Waals surface area (Å²) >= 11 is 7.91. The number of allylic oxidation sites excluding steroid dienone is 1. The lowest BCUT2D eigenvalue weighted by molar-refractivity contribution is -0.143. The lowest BCUT2D eigenvalue weighted by Gasteiger charge is -2.26. The van der Waals surface area contributed by atoms with Crippen molar-refractivity contribution in [2.45, 2.75) is 39.5 Å². The first kappa shape index (κ1) is 28.4. The van der Waals surface area contributed by atoms with Crippen molar-refractivity contribution in [2.75, 3.05) is 0 Å². The molecule has 3 aromatic carbocycles. The molecule has 1 aliphatic rings. The van der Waals surface area contributed by atoms with Gasteiger partial charge in [0.2, 0.25) is 0 Å². The van der Waals surface area contributed by atoms with E-state index in [4.69, 9.17) is 16.3 Å². The Kier molecular flexibility index (Phi) is 7.61. The molecule has 1 atom stereocenters. The molecule has 43 heavy (non-hydrogen) atoms. The second kappa shape index (κ2) is 11.5. The Morgan fingerprint density at radius 1 is 1.12 bits per heavy atom. The Hall–Kier alpha value is -4.71. The molecule has 5 aromatic rings. The van der Waals surface area contributed by atoms with Gasteiger partial charge in [0.05, 0.1) is 33.5 Å². The van der Waals surface area contributed by atoms with E-state index in [-0.39, 0.29) is 17.2 Å². The number of carbonyl (C=O) groups is 1. The molecular weight excluding hydrogens is 580 g/mol. The summed E-state index contributed by atoms with van der Waals surface area (Å²) in [6.07, 6.45) is 3.52. The number of benzene rings is 3. The van der Waals surface area contributed by atoms with Crippen LogP contribution in [0.3, 0.4) is 0 Å². The van der Waals surface area contributed by atoms with Gasteiger partial charge < -0.3 is 9.30 Å². The fraction of sp³-hybridized carbons (Fsp3) is 0.176. The van der Waals surface area contributed by atoms with Crippen LogP contribution in [0.15, 0.2) is 100 Å². The number of esters is 1. The van der Waals surface area contributed by atoms with Crippen LogP contribution in [0, 0.1) is 11.3 Å². The number of fused-ring (bicyclic) bond motifs is 2. The third-order valence-corrected chi connectivity index (χ3v) is 8.70. The molecule has 7 nitrogen and oxygen atoms in total. The maximum Gasteiger partial charge on any atom is 0.338 e. The summed E-state index contributed by atoms with van der Waals surface area (Å²) in [4.78, 5) is 32.7. The van der Waals surface area contributed by atoms with Crippen LogP contribution in [0.25, 0.3) is 17.0 Å². The van der Waals surface area contributed by atoms with Crippen LogP contribution in [-0.2, 0) is 16.1 Å². The number of ether oxygens (including phenoxy) is 1. The van der Waals surface area contributed by atoms with Gasteiger partial charge in [0, 0.05) is 34.2 Å². The van der Waals surface area contributed by atoms with Gasteiger partial charge in [-0.15, -0.1) is 0 Å². The Morgan fingerprint density at radius 2 is 1.84 bits per heavy atom. The quantitative estimate of drug-likeness (QED) is 0.231. The topological polar surface area (TPSA) is 89.4 Å². The van der Waals surface area contributed by atoms with Gasteiger partial charge in [-0.3, -0.25) is 9.36 Å². The van der Waals surface area contributed by atoms with E-state index < -0.39 is 12.0 Å². The van der Waals surface area contributed by atoms with Gasteiger partial charge in [0.15, 0.2) is 4.80 Å². The van der Waals surface area contributed by atoms with Crippen molar-refractivity contribution in [3.63, 3.8) is 0 Å². The number of aromatic nitrogens is 2. The zero-order valence-electron chi connectivity index (χ0n) is 23.7. The fourth-order valence-corrected chi connectivity index (χ4v) is 6.74. The van der Waals surface area contributed by atoms with Crippen molar-refractivity contribution in [3.05, 3.63) is 137 Å². The second-order valence-electron chi connectivity index (χ2n) is 10.6. The van der Waals surface area contributed by atoms with Crippen molar-refractivity contribution in [3.8, 4) is 6.07 Å². The van der Waals surface area contributed by atoms with Crippen LogP contribution in [0.5, 0.6) is 0 Å². The molecule has 1 aliphatic heterocycles. The van der Waals surface area contributed by atoms with E-state index in [1.807, 2.05) is 79.0 Å². The summed E-state index contributed by atoms with van der Waals surface area (Å²) in [6, 6.07) is 24.2. The summed E-state index contributed by atoms with van der Waals surface area (Å²) in [5.74, 6) is -0.531. The fourth-order valence-electron chi connectivity index (χ4n) is 5.46.